The topological polar surface area (TPSA) is 43.1 Å². The summed E-state index contributed by atoms with van der Waals surface area (Å²) < 4.78 is 5.38. The number of para-hydroxylation sites is 2. The van der Waals surface area contributed by atoms with Gasteiger partial charge in [0.25, 0.3) is 11.0 Å². The molecule has 4 heteroatoms. The first kappa shape index (κ1) is 11.2. The number of hydrogen-bond donors (Lipinski definition) is 0. The lowest BCUT2D eigenvalue weighted by Gasteiger charge is -1.94. The first-order chi connectivity index (χ1) is 7.81. The van der Waals surface area contributed by atoms with E-state index >= 15 is 0 Å². The van der Waals surface area contributed by atoms with E-state index in [-0.39, 0.29) is 11.0 Å². The molecule has 84 valence electrons. The minimum absolute atomic E-state index is 0.0790. The Balaban J connectivity index is 2.11. The van der Waals surface area contributed by atoms with Crippen LogP contribution in [0, 0.1) is 0 Å². The summed E-state index contributed by atoms with van der Waals surface area (Å²) in [4.78, 5) is 15.9. The molecule has 0 bridgehead atoms. The van der Waals surface area contributed by atoms with Gasteiger partial charge < -0.3 is 4.42 Å². The standard InChI is InChI=1S/C12H13NO2S/c1-2-3-8-16-12(14)11-13-9-6-4-5-7-10(9)15-11/h4-7H,2-3,8H2,1H3. The van der Waals surface area contributed by atoms with Gasteiger partial charge in [-0.3, -0.25) is 4.79 Å². The second kappa shape index (κ2) is 5.16. The summed E-state index contributed by atoms with van der Waals surface area (Å²) in [5.41, 5.74) is 1.41. The molecule has 0 atom stereocenters. The summed E-state index contributed by atoms with van der Waals surface area (Å²) >= 11 is 1.27. The molecule has 16 heavy (non-hydrogen) atoms. The van der Waals surface area contributed by atoms with Gasteiger partial charge in [-0.25, -0.2) is 4.98 Å². The lowest BCUT2D eigenvalue weighted by atomic mass is 10.3. The number of nitrogens with zero attached hydrogens (tertiary/aromatic N) is 1. The van der Waals surface area contributed by atoms with Gasteiger partial charge in [0.15, 0.2) is 5.58 Å². The van der Waals surface area contributed by atoms with E-state index in [0.717, 1.165) is 24.1 Å². The van der Waals surface area contributed by atoms with Gasteiger partial charge in [0, 0.05) is 5.75 Å². The summed E-state index contributed by atoms with van der Waals surface area (Å²) in [5.74, 6) is 1.04. The van der Waals surface area contributed by atoms with Crippen LogP contribution < -0.4 is 0 Å². The van der Waals surface area contributed by atoms with E-state index in [9.17, 15) is 4.79 Å². The monoisotopic (exact) mass is 235 g/mol. The third-order valence-electron chi connectivity index (χ3n) is 2.20. The normalized spacial score (nSPS) is 10.8. The van der Waals surface area contributed by atoms with E-state index in [4.69, 9.17) is 4.42 Å². The average Bonchev–Trinajstić information content (AvgIpc) is 2.73. The summed E-state index contributed by atoms with van der Waals surface area (Å²) in [6.07, 6.45) is 2.13. The zero-order chi connectivity index (χ0) is 11.4. The fourth-order valence-electron chi connectivity index (χ4n) is 1.33. The van der Waals surface area contributed by atoms with Gasteiger partial charge in [0.2, 0.25) is 0 Å². The Bertz CT molecular complexity index is 459. The molecule has 0 radical (unpaired) electrons. The molecule has 0 aliphatic rings. The molecule has 1 aromatic heterocycles. The van der Waals surface area contributed by atoms with E-state index < -0.39 is 0 Å². The number of aromatic nitrogens is 1. The van der Waals surface area contributed by atoms with Crippen molar-refractivity contribution in [3.8, 4) is 0 Å². The largest absolute Gasteiger partial charge is 0.433 e. The van der Waals surface area contributed by atoms with Crippen molar-refractivity contribution in [2.75, 3.05) is 5.75 Å². The molecular weight excluding hydrogens is 222 g/mol. The van der Waals surface area contributed by atoms with Crippen LogP contribution in [0.5, 0.6) is 0 Å². The molecule has 0 spiro atoms. The first-order valence-corrected chi connectivity index (χ1v) is 6.32. The second-order valence-corrected chi connectivity index (χ2v) is 4.54. The molecule has 1 aromatic carbocycles. The molecule has 0 amide bonds. The molecular formula is C12H13NO2S. The Morgan fingerprint density at radius 1 is 1.44 bits per heavy atom. The van der Waals surface area contributed by atoms with Crippen LogP contribution in [0.15, 0.2) is 28.7 Å². The summed E-state index contributed by atoms with van der Waals surface area (Å²) in [7, 11) is 0. The summed E-state index contributed by atoms with van der Waals surface area (Å²) in [5, 5.41) is -0.0790. The van der Waals surface area contributed by atoms with Crippen molar-refractivity contribution in [1.82, 2.24) is 4.98 Å². The lowest BCUT2D eigenvalue weighted by molar-refractivity contribution is 0.106. The predicted octanol–water partition coefficient (Wildman–Crippen LogP) is 3.50. The lowest BCUT2D eigenvalue weighted by Crippen LogP contribution is -1.94. The smallest absolute Gasteiger partial charge is 0.275 e. The van der Waals surface area contributed by atoms with Crippen molar-refractivity contribution >= 4 is 28.0 Å². The van der Waals surface area contributed by atoms with Crippen molar-refractivity contribution in [2.24, 2.45) is 0 Å². The van der Waals surface area contributed by atoms with Crippen LogP contribution in [0.4, 0.5) is 0 Å². The zero-order valence-corrected chi connectivity index (χ0v) is 9.92. The maximum Gasteiger partial charge on any atom is 0.275 e. The number of oxazole rings is 1. The van der Waals surface area contributed by atoms with E-state index in [0.29, 0.717) is 5.58 Å². The number of carbonyl (C=O) groups is 1. The van der Waals surface area contributed by atoms with Crippen molar-refractivity contribution in [2.45, 2.75) is 19.8 Å². The Morgan fingerprint density at radius 3 is 3.00 bits per heavy atom. The SMILES string of the molecule is CCCCSC(=O)c1nc2ccccc2o1. The van der Waals surface area contributed by atoms with Gasteiger partial charge in [-0.05, 0) is 18.6 Å². The molecule has 0 aliphatic heterocycles. The van der Waals surface area contributed by atoms with Crippen LogP contribution in [-0.4, -0.2) is 15.9 Å². The quantitative estimate of drug-likeness (QED) is 0.761. The van der Waals surface area contributed by atoms with E-state index in [1.54, 1.807) is 0 Å². The van der Waals surface area contributed by atoms with Gasteiger partial charge >= 0.3 is 0 Å². The van der Waals surface area contributed by atoms with Crippen molar-refractivity contribution in [1.29, 1.82) is 0 Å². The van der Waals surface area contributed by atoms with E-state index in [1.807, 2.05) is 24.3 Å². The summed E-state index contributed by atoms with van der Waals surface area (Å²) in [6.45, 7) is 2.10. The molecule has 0 unspecified atom stereocenters. The van der Waals surface area contributed by atoms with Crippen molar-refractivity contribution < 1.29 is 9.21 Å². The van der Waals surface area contributed by atoms with Crippen LogP contribution in [0.1, 0.15) is 30.5 Å². The third kappa shape index (κ3) is 2.44. The van der Waals surface area contributed by atoms with E-state index in [1.165, 1.54) is 11.8 Å². The van der Waals surface area contributed by atoms with Crippen LogP contribution in [0.25, 0.3) is 11.1 Å². The van der Waals surface area contributed by atoms with Gasteiger partial charge in [-0.15, -0.1) is 0 Å². The first-order valence-electron chi connectivity index (χ1n) is 5.34. The maximum absolute atomic E-state index is 11.7. The highest BCUT2D eigenvalue weighted by molar-refractivity contribution is 8.14. The van der Waals surface area contributed by atoms with Gasteiger partial charge in [0.05, 0.1) is 0 Å². The molecule has 3 nitrogen and oxygen atoms in total. The van der Waals surface area contributed by atoms with Gasteiger partial charge in [-0.1, -0.05) is 37.2 Å². The Morgan fingerprint density at radius 2 is 2.25 bits per heavy atom. The van der Waals surface area contributed by atoms with Gasteiger partial charge in [0.1, 0.15) is 5.52 Å². The number of carbonyl (C=O) groups excluding carboxylic acids is 1. The van der Waals surface area contributed by atoms with Crippen LogP contribution in [0.3, 0.4) is 0 Å². The highest BCUT2D eigenvalue weighted by atomic mass is 32.2. The Kier molecular flexibility index (Phi) is 3.62. The molecule has 1 heterocycles. The van der Waals surface area contributed by atoms with Crippen LogP contribution in [-0.2, 0) is 0 Å². The molecule has 0 aliphatic carbocycles. The summed E-state index contributed by atoms with van der Waals surface area (Å²) in [6, 6.07) is 7.40. The van der Waals surface area contributed by atoms with Gasteiger partial charge in [-0.2, -0.15) is 0 Å². The molecule has 2 rings (SSSR count). The van der Waals surface area contributed by atoms with Crippen LogP contribution in [0.2, 0.25) is 0 Å². The fourth-order valence-corrected chi connectivity index (χ4v) is 2.16. The molecule has 0 saturated carbocycles. The van der Waals surface area contributed by atoms with E-state index in [2.05, 4.69) is 11.9 Å². The second-order valence-electron chi connectivity index (χ2n) is 3.48. The number of unbranched alkanes of at least 4 members (excludes halogenated alkanes) is 1. The number of hydrogen-bond acceptors (Lipinski definition) is 4. The number of rotatable bonds is 4. The van der Waals surface area contributed by atoms with Crippen LogP contribution >= 0.6 is 11.8 Å². The third-order valence-corrected chi connectivity index (χ3v) is 3.13. The number of benzene rings is 1. The highest BCUT2D eigenvalue weighted by Crippen LogP contribution is 2.19. The minimum Gasteiger partial charge on any atom is -0.433 e. The van der Waals surface area contributed by atoms with Crippen molar-refractivity contribution in [3.05, 3.63) is 30.2 Å². The molecule has 0 fully saturated rings. The average molecular weight is 235 g/mol. The maximum atomic E-state index is 11.7. The Hall–Kier alpha value is -1.29. The molecule has 0 N–H and O–H groups in total. The number of thioether (sulfide) groups is 1. The molecule has 0 saturated heterocycles. The number of fused-ring (bicyclic) bond motifs is 1. The molecule has 2 aromatic rings. The predicted molar refractivity (Wildman–Crippen MR) is 65.7 cm³/mol. The highest BCUT2D eigenvalue weighted by Gasteiger charge is 2.13. The fraction of sp³-hybridized carbons (Fsp3) is 0.333. The van der Waals surface area contributed by atoms with Crippen molar-refractivity contribution in [3.63, 3.8) is 0 Å². The minimum atomic E-state index is -0.0790. The Labute approximate surface area is 98.2 Å². The zero-order valence-electron chi connectivity index (χ0n) is 9.10.